The number of rotatable bonds is 6. The normalized spacial score (nSPS) is 14.6. The van der Waals surface area contributed by atoms with E-state index in [4.69, 9.17) is 4.74 Å². The first-order chi connectivity index (χ1) is 13.5. The molecular formula is C22H30N4O2. The lowest BCUT2D eigenvalue weighted by molar-refractivity contribution is 0.148. The minimum atomic E-state index is -0.0231. The van der Waals surface area contributed by atoms with E-state index >= 15 is 0 Å². The van der Waals surface area contributed by atoms with Crippen LogP contribution in [0.3, 0.4) is 0 Å². The monoisotopic (exact) mass is 382 g/mol. The molecular weight excluding hydrogens is 352 g/mol. The second-order valence-electron chi connectivity index (χ2n) is 7.30. The molecule has 6 heteroatoms. The molecule has 0 saturated carbocycles. The van der Waals surface area contributed by atoms with E-state index in [2.05, 4.69) is 22.3 Å². The number of carbonyl (C=O) groups is 1. The van der Waals surface area contributed by atoms with Crippen LogP contribution in [0.1, 0.15) is 5.56 Å². The van der Waals surface area contributed by atoms with Gasteiger partial charge in [0.1, 0.15) is 5.75 Å². The van der Waals surface area contributed by atoms with Crippen LogP contribution in [0.4, 0.5) is 16.2 Å². The zero-order valence-electron chi connectivity index (χ0n) is 17.0. The maximum atomic E-state index is 12.5. The van der Waals surface area contributed by atoms with Crippen LogP contribution >= 0.6 is 0 Å². The van der Waals surface area contributed by atoms with Gasteiger partial charge in [-0.05, 0) is 48.4 Å². The van der Waals surface area contributed by atoms with Crippen LogP contribution in [0.5, 0.6) is 5.75 Å². The molecule has 150 valence electrons. The van der Waals surface area contributed by atoms with Gasteiger partial charge in [0, 0.05) is 58.2 Å². The third-order valence-corrected chi connectivity index (χ3v) is 5.15. The number of urea groups is 1. The van der Waals surface area contributed by atoms with Crippen molar-refractivity contribution in [3.8, 4) is 5.75 Å². The number of benzene rings is 2. The number of amides is 2. The maximum absolute atomic E-state index is 12.5. The zero-order valence-corrected chi connectivity index (χ0v) is 17.0. The Balaban J connectivity index is 1.43. The fraction of sp³-hybridized carbons (Fsp3) is 0.409. The van der Waals surface area contributed by atoms with Gasteiger partial charge in [0.15, 0.2) is 0 Å². The molecule has 28 heavy (non-hydrogen) atoms. The lowest BCUT2D eigenvalue weighted by Gasteiger charge is -2.34. The second kappa shape index (κ2) is 9.46. The summed E-state index contributed by atoms with van der Waals surface area (Å²) in [5.74, 6) is 0.901. The number of hydrogen-bond donors (Lipinski definition) is 1. The Kier molecular flexibility index (Phi) is 6.76. The van der Waals surface area contributed by atoms with Gasteiger partial charge in [-0.2, -0.15) is 0 Å². The van der Waals surface area contributed by atoms with Crippen LogP contribution in [0.15, 0.2) is 48.5 Å². The molecule has 2 aromatic rings. The fourth-order valence-corrected chi connectivity index (χ4v) is 3.34. The molecule has 0 atom stereocenters. The Morgan fingerprint density at radius 3 is 2.43 bits per heavy atom. The Morgan fingerprint density at radius 1 is 1.07 bits per heavy atom. The average molecular weight is 383 g/mol. The third kappa shape index (κ3) is 5.39. The van der Waals surface area contributed by atoms with Gasteiger partial charge < -0.3 is 19.9 Å². The molecule has 2 aromatic carbocycles. The molecule has 3 rings (SSSR count). The summed E-state index contributed by atoms with van der Waals surface area (Å²) in [4.78, 5) is 18.9. The summed E-state index contributed by atoms with van der Waals surface area (Å²) < 4.78 is 5.29. The third-order valence-electron chi connectivity index (χ3n) is 5.15. The number of ether oxygens (including phenoxy) is 1. The largest absolute Gasteiger partial charge is 0.497 e. The van der Waals surface area contributed by atoms with E-state index in [1.807, 2.05) is 60.3 Å². The molecule has 1 fully saturated rings. The summed E-state index contributed by atoms with van der Waals surface area (Å²) in [6.45, 7) is 4.29. The van der Waals surface area contributed by atoms with Gasteiger partial charge in [0.25, 0.3) is 0 Å². The Morgan fingerprint density at radius 2 is 1.79 bits per heavy atom. The topological polar surface area (TPSA) is 48.1 Å². The van der Waals surface area contributed by atoms with Crippen LogP contribution in [0.25, 0.3) is 0 Å². The summed E-state index contributed by atoms with van der Waals surface area (Å²) in [7, 11) is 5.70. The molecule has 0 spiro atoms. The summed E-state index contributed by atoms with van der Waals surface area (Å²) in [6.07, 6.45) is 0.988. The first-order valence-corrected chi connectivity index (χ1v) is 9.74. The van der Waals surface area contributed by atoms with Crippen molar-refractivity contribution in [1.29, 1.82) is 0 Å². The van der Waals surface area contributed by atoms with E-state index in [0.717, 1.165) is 56.3 Å². The van der Waals surface area contributed by atoms with Crippen molar-refractivity contribution in [3.05, 3.63) is 54.1 Å². The molecule has 0 radical (unpaired) electrons. The van der Waals surface area contributed by atoms with Gasteiger partial charge in [-0.1, -0.05) is 12.1 Å². The minimum Gasteiger partial charge on any atom is -0.497 e. The van der Waals surface area contributed by atoms with E-state index in [-0.39, 0.29) is 6.03 Å². The molecule has 1 aliphatic heterocycles. The molecule has 1 N–H and O–H groups in total. The second-order valence-corrected chi connectivity index (χ2v) is 7.30. The Labute approximate surface area is 167 Å². The number of hydrogen-bond acceptors (Lipinski definition) is 4. The van der Waals surface area contributed by atoms with Crippen molar-refractivity contribution < 1.29 is 9.53 Å². The quantitative estimate of drug-likeness (QED) is 0.834. The Bertz CT molecular complexity index is 768. The summed E-state index contributed by atoms with van der Waals surface area (Å²) in [5.41, 5.74) is 3.22. The highest BCUT2D eigenvalue weighted by Gasteiger charge is 2.21. The molecule has 1 saturated heterocycles. The maximum Gasteiger partial charge on any atom is 0.321 e. The van der Waals surface area contributed by atoms with Crippen LogP contribution < -0.4 is 15.0 Å². The molecule has 0 aromatic heterocycles. The molecule has 1 heterocycles. The first-order valence-electron chi connectivity index (χ1n) is 9.74. The van der Waals surface area contributed by atoms with Crippen molar-refractivity contribution in [3.63, 3.8) is 0 Å². The van der Waals surface area contributed by atoms with Crippen molar-refractivity contribution in [2.75, 3.05) is 64.1 Å². The summed E-state index contributed by atoms with van der Waals surface area (Å²) >= 11 is 0. The summed E-state index contributed by atoms with van der Waals surface area (Å²) in [5, 5.41) is 3.00. The molecule has 6 nitrogen and oxygen atoms in total. The van der Waals surface area contributed by atoms with Crippen LogP contribution in [0.2, 0.25) is 0 Å². The van der Waals surface area contributed by atoms with Crippen LogP contribution in [0, 0.1) is 0 Å². The summed E-state index contributed by atoms with van der Waals surface area (Å²) in [6, 6.07) is 16.1. The molecule has 0 unspecified atom stereocenters. The van der Waals surface area contributed by atoms with Gasteiger partial charge in [-0.15, -0.1) is 0 Å². The lowest BCUT2D eigenvalue weighted by Crippen LogP contribution is -2.50. The van der Waals surface area contributed by atoms with Gasteiger partial charge in [0.05, 0.1) is 7.11 Å². The minimum absolute atomic E-state index is 0.0231. The van der Waals surface area contributed by atoms with Gasteiger partial charge in [-0.25, -0.2) is 4.79 Å². The van der Waals surface area contributed by atoms with E-state index < -0.39 is 0 Å². The highest BCUT2D eigenvalue weighted by molar-refractivity contribution is 5.89. The van der Waals surface area contributed by atoms with Crippen LogP contribution in [-0.2, 0) is 6.42 Å². The fourth-order valence-electron chi connectivity index (χ4n) is 3.34. The molecule has 2 amide bonds. The van der Waals surface area contributed by atoms with Crippen molar-refractivity contribution in [2.24, 2.45) is 0 Å². The van der Waals surface area contributed by atoms with Gasteiger partial charge in [-0.3, -0.25) is 4.90 Å². The number of anilines is 2. The standard InChI is InChI=1S/C22H30N4O2/c1-24(2)20-9-7-19(8-10-20)23-22(27)26-15-13-25(14-16-26)12-11-18-5-4-6-21(17-18)28-3/h4-10,17H,11-16H2,1-3H3,(H,23,27). The van der Waals surface area contributed by atoms with E-state index in [9.17, 15) is 4.79 Å². The van der Waals surface area contributed by atoms with Crippen molar-refractivity contribution in [1.82, 2.24) is 9.80 Å². The number of carbonyl (C=O) groups excluding carboxylic acids is 1. The van der Waals surface area contributed by atoms with E-state index in [1.54, 1.807) is 7.11 Å². The predicted molar refractivity (Wildman–Crippen MR) is 114 cm³/mol. The van der Waals surface area contributed by atoms with Gasteiger partial charge in [0.2, 0.25) is 0 Å². The van der Waals surface area contributed by atoms with E-state index in [0.29, 0.717) is 0 Å². The lowest BCUT2D eigenvalue weighted by atomic mass is 10.1. The number of nitrogens with zero attached hydrogens (tertiary/aromatic N) is 3. The first kappa shape index (κ1) is 20.0. The van der Waals surface area contributed by atoms with Crippen molar-refractivity contribution >= 4 is 17.4 Å². The molecule has 0 bridgehead atoms. The predicted octanol–water partition coefficient (Wildman–Crippen LogP) is 3.15. The molecule has 0 aliphatic carbocycles. The number of methoxy groups -OCH3 is 1. The Hall–Kier alpha value is -2.73. The highest BCUT2D eigenvalue weighted by Crippen LogP contribution is 2.17. The highest BCUT2D eigenvalue weighted by atomic mass is 16.5. The van der Waals surface area contributed by atoms with E-state index in [1.165, 1.54) is 5.56 Å². The molecule has 1 aliphatic rings. The van der Waals surface area contributed by atoms with Crippen molar-refractivity contribution in [2.45, 2.75) is 6.42 Å². The number of nitrogens with one attached hydrogen (secondary N) is 1. The van der Waals surface area contributed by atoms with Gasteiger partial charge >= 0.3 is 6.03 Å². The zero-order chi connectivity index (χ0) is 19.9. The smallest absolute Gasteiger partial charge is 0.321 e. The SMILES string of the molecule is COc1cccc(CCN2CCN(C(=O)Nc3ccc(N(C)C)cc3)CC2)c1. The van der Waals surface area contributed by atoms with Crippen LogP contribution in [-0.4, -0.2) is 69.8 Å². The average Bonchev–Trinajstić information content (AvgIpc) is 2.73. The number of piperazine rings is 1.